The van der Waals surface area contributed by atoms with Gasteiger partial charge in [0.1, 0.15) is 18.8 Å². The van der Waals surface area contributed by atoms with Gasteiger partial charge in [0.25, 0.3) is 0 Å². The third-order valence-electron chi connectivity index (χ3n) is 10.1. The Morgan fingerprint density at radius 3 is 2.14 bits per heavy atom. The fraction of sp³-hybridized carbons (Fsp3) is 0.846. The van der Waals surface area contributed by atoms with Gasteiger partial charge in [-0.05, 0) is 38.0 Å². The highest BCUT2D eigenvalue weighted by molar-refractivity contribution is 5.72. The van der Waals surface area contributed by atoms with Crippen molar-refractivity contribution in [3.8, 4) is 0 Å². The molecule has 11 nitrogen and oxygen atoms in total. The average Bonchev–Trinajstić information content (AvgIpc) is 3.02. The molecule has 0 bridgehead atoms. The Morgan fingerprint density at radius 2 is 1.57 bits per heavy atom. The van der Waals surface area contributed by atoms with Crippen LogP contribution in [0.3, 0.4) is 0 Å². The van der Waals surface area contributed by atoms with Crippen LogP contribution < -0.4 is 0 Å². The summed E-state index contributed by atoms with van der Waals surface area (Å²) in [4.78, 5) is 48.1. The fourth-order valence-corrected chi connectivity index (χ4v) is 8.69. The lowest BCUT2D eigenvalue weighted by molar-refractivity contribution is -0.319. The van der Waals surface area contributed by atoms with E-state index >= 15 is 0 Å². The van der Waals surface area contributed by atoms with Crippen molar-refractivity contribution in [3.05, 3.63) is 0 Å². The van der Waals surface area contributed by atoms with Gasteiger partial charge in [0.05, 0.1) is 28.6 Å². The molecule has 0 amide bonds. The van der Waals surface area contributed by atoms with Gasteiger partial charge in [0.2, 0.25) is 0 Å². The summed E-state index contributed by atoms with van der Waals surface area (Å²) in [5.74, 6) is -5.24. The zero-order valence-corrected chi connectivity index (χ0v) is 21.8. The van der Waals surface area contributed by atoms with E-state index in [1.165, 1.54) is 20.8 Å². The van der Waals surface area contributed by atoms with Crippen molar-refractivity contribution >= 4 is 23.9 Å². The molecule has 208 valence electrons. The predicted octanol–water partition coefficient (Wildman–Crippen LogP) is 0.947. The number of hydrogen-bond acceptors (Lipinski definition) is 10. The zero-order valence-electron chi connectivity index (χ0n) is 21.8. The standard InChI is InChI=1S/C26H38O11/c1-13(27)35-12-25-20(30)9-16(36-14(2)28)10-24(25,33)7-5-17-21(25)19(37-15(3)29)11-23(4)18(22(31)32)6-8-26(17,23)34/h16-21,30,33-34H,5-12H2,1-4H3,(H,31,32)/t16-,17-,18-,19-,20+,21-,23-,24-,25-,26-/m1/s1. The molecular weight excluding hydrogens is 488 g/mol. The Hall–Kier alpha value is -2.24. The minimum Gasteiger partial charge on any atom is -0.481 e. The van der Waals surface area contributed by atoms with Crippen LogP contribution in [0.25, 0.3) is 0 Å². The summed E-state index contributed by atoms with van der Waals surface area (Å²) in [5.41, 5.74) is -5.85. The van der Waals surface area contributed by atoms with Crippen molar-refractivity contribution in [2.45, 2.75) is 102 Å². The van der Waals surface area contributed by atoms with E-state index in [9.17, 15) is 39.6 Å². The maximum atomic E-state index is 12.3. The lowest BCUT2D eigenvalue weighted by Gasteiger charge is -2.68. The quantitative estimate of drug-likeness (QED) is 0.296. The number of rotatable bonds is 5. The number of carboxylic acid groups (broad SMARTS) is 1. The second kappa shape index (κ2) is 9.20. The molecule has 0 saturated heterocycles. The van der Waals surface area contributed by atoms with E-state index in [-0.39, 0.29) is 44.9 Å². The first-order chi connectivity index (χ1) is 17.1. The Bertz CT molecular complexity index is 982. The summed E-state index contributed by atoms with van der Waals surface area (Å²) in [6.45, 7) is 4.97. The van der Waals surface area contributed by atoms with E-state index in [0.29, 0.717) is 0 Å². The number of aliphatic hydroxyl groups excluding tert-OH is 1. The maximum Gasteiger partial charge on any atom is 0.307 e. The topological polar surface area (TPSA) is 177 Å². The third kappa shape index (κ3) is 4.04. The number of fused-ring (bicyclic) bond motifs is 5. The van der Waals surface area contributed by atoms with Gasteiger partial charge in [-0.2, -0.15) is 0 Å². The Kier molecular flexibility index (Phi) is 6.91. The van der Waals surface area contributed by atoms with Crippen LogP contribution in [0.2, 0.25) is 0 Å². The summed E-state index contributed by atoms with van der Waals surface area (Å²) in [5, 5.41) is 46.0. The summed E-state index contributed by atoms with van der Waals surface area (Å²) >= 11 is 0. The lowest BCUT2D eigenvalue weighted by Crippen LogP contribution is -2.76. The molecule has 4 rings (SSSR count). The van der Waals surface area contributed by atoms with E-state index in [1.54, 1.807) is 6.92 Å². The number of aliphatic carboxylic acids is 1. The van der Waals surface area contributed by atoms with Gasteiger partial charge in [-0.1, -0.05) is 6.92 Å². The molecule has 0 spiro atoms. The predicted molar refractivity (Wildman–Crippen MR) is 125 cm³/mol. The molecule has 0 aromatic heterocycles. The molecule has 4 aliphatic carbocycles. The van der Waals surface area contributed by atoms with Gasteiger partial charge in [0, 0.05) is 44.9 Å². The van der Waals surface area contributed by atoms with Gasteiger partial charge < -0.3 is 34.6 Å². The molecule has 11 heteroatoms. The van der Waals surface area contributed by atoms with E-state index in [1.807, 2.05) is 0 Å². The first kappa shape index (κ1) is 27.8. The van der Waals surface area contributed by atoms with Gasteiger partial charge >= 0.3 is 23.9 Å². The van der Waals surface area contributed by atoms with Crippen LogP contribution in [0.1, 0.15) is 72.6 Å². The minimum absolute atomic E-state index is 0.000784. The third-order valence-corrected chi connectivity index (χ3v) is 10.1. The molecule has 4 saturated carbocycles. The molecule has 0 aliphatic heterocycles. The summed E-state index contributed by atoms with van der Waals surface area (Å²) in [6.07, 6.45) is -2.42. The largest absolute Gasteiger partial charge is 0.481 e. The number of ether oxygens (including phenoxy) is 3. The molecule has 0 aromatic rings. The number of carbonyl (C=O) groups excluding carboxylic acids is 3. The highest BCUT2D eigenvalue weighted by atomic mass is 16.6. The number of aliphatic hydroxyl groups is 3. The maximum absolute atomic E-state index is 12.3. The Balaban J connectivity index is 1.88. The molecule has 0 radical (unpaired) electrons. The SMILES string of the molecule is CC(=O)OC[C@@]12[C@@H]3[C@@H](CC[C@@]1(O)C[C@H](OC(C)=O)C[C@@H]2O)[C@]1(O)CC[C@H](C(=O)O)[C@@]1(C)C[C@H]3OC(C)=O. The average molecular weight is 527 g/mol. The molecule has 4 N–H and O–H groups in total. The molecule has 4 fully saturated rings. The van der Waals surface area contributed by atoms with Gasteiger partial charge in [0.15, 0.2) is 0 Å². The van der Waals surface area contributed by atoms with Gasteiger partial charge in [-0.25, -0.2) is 0 Å². The number of carbonyl (C=O) groups is 4. The first-order valence-corrected chi connectivity index (χ1v) is 12.9. The zero-order chi connectivity index (χ0) is 27.6. The number of hydrogen-bond donors (Lipinski definition) is 4. The highest BCUT2D eigenvalue weighted by Gasteiger charge is 2.77. The van der Waals surface area contributed by atoms with E-state index in [0.717, 1.165) is 0 Å². The Labute approximate surface area is 215 Å². The summed E-state index contributed by atoms with van der Waals surface area (Å²) in [6, 6.07) is 0. The van der Waals surface area contributed by atoms with Crippen molar-refractivity contribution in [3.63, 3.8) is 0 Å². The molecule has 0 heterocycles. The van der Waals surface area contributed by atoms with Crippen LogP contribution in [-0.4, -0.2) is 80.4 Å². The second-order valence-electron chi connectivity index (χ2n) is 11.8. The van der Waals surface area contributed by atoms with E-state index in [2.05, 4.69) is 0 Å². The van der Waals surface area contributed by atoms with Crippen LogP contribution >= 0.6 is 0 Å². The van der Waals surface area contributed by atoms with Crippen molar-refractivity contribution in [2.24, 2.45) is 28.6 Å². The van der Waals surface area contributed by atoms with E-state index in [4.69, 9.17) is 14.2 Å². The van der Waals surface area contributed by atoms with Crippen molar-refractivity contribution in [2.75, 3.05) is 6.61 Å². The van der Waals surface area contributed by atoms with Gasteiger partial charge in [-0.3, -0.25) is 19.2 Å². The molecule has 4 aliphatic rings. The molecule has 0 aromatic carbocycles. The monoisotopic (exact) mass is 526 g/mol. The summed E-state index contributed by atoms with van der Waals surface area (Å²) in [7, 11) is 0. The smallest absolute Gasteiger partial charge is 0.307 e. The highest BCUT2D eigenvalue weighted by Crippen LogP contribution is 2.70. The molecule has 10 atom stereocenters. The molecule has 37 heavy (non-hydrogen) atoms. The minimum atomic E-state index is -1.69. The van der Waals surface area contributed by atoms with Crippen LogP contribution in [0.15, 0.2) is 0 Å². The number of esters is 3. The van der Waals surface area contributed by atoms with E-state index < -0.39 is 88.6 Å². The second-order valence-corrected chi connectivity index (χ2v) is 11.8. The first-order valence-electron chi connectivity index (χ1n) is 12.9. The van der Waals surface area contributed by atoms with Crippen molar-refractivity contribution in [1.29, 1.82) is 0 Å². The van der Waals surface area contributed by atoms with Crippen LogP contribution in [0.5, 0.6) is 0 Å². The molecule has 0 unspecified atom stereocenters. The lowest BCUT2D eigenvalue weighted by atomic mass is 9.40. The summed E-state index contributed by atoms with van der Waals surface area (Å²) < 4.78 is 16.6. The van der Waals surface area contributed by atoms with Crippen molar-refractivity contribution in [1.82, 2.24) is 0 Å². The van der Waals surface area contributed by atoms with Crippen molar-refractivity contribution < 1.29 is 53.8 Å². The Morgan fingerprint density at radius 1 is 0.919 bits per heavy atom. The molecular formula is C26H38O11. The van der Waals surface area contributed by atoms with Crippen LogP contribution in [0, 0.1) is 28.6 Å². The normalized spacial score (nSPS) is 46.6. The van der Waals surface area contributed by atoms with Crippen LogP contribution in [0.4, 0.5) is 0 Å². The van der Waals surface area contributed by atoms with Crippen LogP contribution in [-0.2, 0) is 33.4 Å². The fourth-order valence-electron chi connectivity index (χ4n) is 8.69. The van der Waals surface area contributed by atoms with Gasteiger partial charge in [-0.15, -0.1) is 0 Å². The number of carboxylic acids is 1.